The Kier molecular flexibility index (Phi) is 5.33. The second kappa shape index (κ2) is 7.81. The van der Waals surface area contributed by atoms with Crippen LogP contribution in [0.15, 0.2) is 12.1 Å². The van der Waals surface area contributed by atoms with Gasteiger partial charge in [0.15, 0.2) is 12.0 Å². The first kappa shape index (κ1) is 20.5. The number of aliphatic hydroxyl groups excluding tert-OH is 2. The van der Waals surface area contributed by atoms with Crippen LogP contribution in [-0.2, 0) is 11.3 Å². The Hall–Kier alpha value is -2.78. The average Bonchev–Trinajstić information content (AvgIpc) is 3.22. The molecule has 4 atom stereocenters. The van der Waals surface area contributed by atoms with Crippen LogP contribution >= 0.6 is 11.6 Å². The first-order chi connectivity index (χ1) is 14.3. The van der Waals surface area contributed by atoms with Crippen molar-refractivity contribution in [1.29, 1.82) is 5.26 Å². The standard InChI is InChI=1S/C18H16ClF2N5O4/c1-7-13(27)14(28)17(30-7)26-6-23-12-15(26)24-18(19)25-16(12)29-5-8-2-10(20)9(4-22)11(21)3-8/h2-3,7,13-14,17,23,27-28H,5-6H2,1H3/t7-,13-,14-,17-/m1/s1. The van der Waals surface area contributed by atoms with Crippen LogP contribution in [0.1, 0.15) is 18.1 Å². The van der Waals surface area contributed by atoms with Gasteiger partial charge in [0.2, 0.25) is 11.2 Å². The SMILES string of the molecule is C[C@H]1O[C@@H](N2CNc3c(OCc4cc(F)c(C#N)c(F)c4)nc(Cl)nc32)[C@H](O)[C@@H]1O. The minimum absolute atomic E-state index is 0.0266. The highest BCUT2D eigenvalue weighted by Crippen LogP contribution is 2.41. The van der Waals surface area contributed by atoms with Gasteiger partial charge in [0.25, 0.3) is 0 Å². The van der Waals surface area contributed by atoms with E-state index in [-0.39, 0.29) is 35.8 Å². The summed E-state index contributed by atoms with van der Waals surface area (Å²) in [4.78, 5) is 9.70. The highest BCUT2D eigenvalue weighted by molar-refractivity contribution is 6.28. The third kappa shape index (κ3) is 3.48. The van der Waals surface area contributed by atoms with E-state index in [4.69, 9.17) is 26.3 Å². The Morgan fingerprint density at radius 1 is 1.33 bits per heavy atom. The van der Waals surface area contributed by atoms with E-state index >= 15 is 0 Å². The molecule has 1 fully saturated rings. The normalized spacial score (nSPS) is 25.0. The molecule has 3 N–H and O–H groups in total. The molecular formula is C18H16ClF2N5O4. The lowest BCUT2D eigenvalue weighted by atomic mass is 10.1. The Labute approximate surface area is 174 Å². The number of anilines is 2. The van der Waals surface area contributed by atoms with Crippen LogP contribution in [0.5, 0.6) is 5.88 Å². The predicted molar refractivity (Wildman–Crippen MR) is 99.8 cm³/mol. The van der Waals surface area contributed by atoms with Gasteiger partial charge in [-0.25, -0.2) is 8.78 Å². The fourth-order valence-corrected chi connectivity index (χ4v) is 3.53. The Balaban J connectivity index is 1.58. The lowest BCUT2D eigenvalue weighted by Gasteiger charge is -2.26. The minimum atomic E-state index is -1.17. The van der Waals surface area contributed by atoms with E-state index in [1.54, 1.807) is 11.8 Å². The van der Waals surface area contributed by atoms with Crippen LogP contribution in [0, 0.1) is 23.0 Å². The van der Waals surface area contributed by atoms with E-state index in [0.717, 1.165) is 12.1 Å². The highest BCUT2D eigenvalue weighted by Gasteiger charge is 2.46. The molecule has 0 saturated carbocycles. The third-order valence-corrected chi connectivity index (χ3v) is 5.07. The van der Waals surface area contributed by atoms with E-state index < -0.39 is 41.7 Å². The topological polar surface area (TPSA) is 124 Å². The van der Waals surface area contributed by atoms with Gasteiger partial charge in [-0.1, -0.05) is 0 Å². The number of fused-ring (bicyclic) bond motifs is 1. The van der Waals surface area contributed by atoms with Crippen molar-refractivity contribution in [2.75, 3.05) is 16.9 Å². The van der Waals surface area contributed by atoms with Crippen LogP contribution < -0.4 is 15.0 Å². The molecule has 0 amide bonds. The Morgan fingerprint density at radius 3 is 2.63 bits per heavy atom. The molecule has 1 aromatic heterocycles. The number of aliphatic hydroxyl groups is 2. The number of hydrogen-bond acceptors (Lipinski definition) is 9. The van der Waals surface area contributed by atoms with Crippen molar-refractivity contribution in [3.05, 3.63) is 40.2 Å². The molecule has 2 aliphatic heterocycles. The largest absolute Gasteiger partial charge is 0.471 e. The first-order valence-corrected chi connectivity index (χ1v) is 9.28. The summed E-state index contributed by atoms with van der Waals surface area (Å²) in [5, 5.41) is 31.8. The second-order valence-corrected chi connectivity index (χ2v) is 7.19. The molecule has 2 aromatic rings. The van der Waals surface area contributed by atoms with Crippen molar-refractivity contribution in [2.24, 2.45) is 0 Å². The molecule has 1 saturated heterocycles. The van der Waals surface area contributed by atoms with Gasteiger partial charge in [0, 0.05) is 0 Å². The lowest BCUT2D eigenvalue weighted by Crippen LogP contribution is -2.44. The Bertz CT molecular complexity index is 1010. The monoisotopic (exact) mass is 439 g/mol. The van der Waals surface area contributed by atoms with E-state index in [1.807, 2.05) is 0 Å². The van der Waals surface area contributed by atoms with Gasteiger partial charge < -0.3 is 29.9 Å². The molecule has 0 aliphatic carbocycles. The average molecular weight is 440 g/mol. The van der Waals surface area contributed by atoms with Crippen LogP contribution in [0.25, 0.3) is 0 Å². The molecule has 0 spiro atoms. The van der Waals surface area contributed by atoms with E-state index in [0.29, 0.717) is 5.69 Å². The second-order valence-electron chi connectivity index (χ2n) is 6.85. The summed E-state index contributed by atoms with van der Waals surface area (Å²) in [7, 11) is 0. The van der Waals surface area contributed by atoms with Gasteiger partial charge in [0.05, 0.1) is 12.8 Å². The van der Waals surface area contributed by atoms with Crippen LogP contribution in [-0.4, -0.2) is 51.4 Å². The molecule has 4 rings (SSSR count). The van der Waals surface area contributed by atoms with Gasteiger partial charge in [0.1, 0.15) is 47.8 Å². The zero-order valence-electron chi connectivity index (χ0n) is 15.5. The van der Waals surface area contributed by atoms with E-state index in [9.17, 15) is 19.0 Å². The lowest BCUT2D eigenvalue weighted by molar-refractivity contribution is 0.0157. The Morgan fingerprint density at radius 2 is 2.03 bits per heavy atom. The summed E-state index contributed by atoms with van der Waals surface area (Å²) in [5.41, 5.74) is -0.179. The predicted octanol–water partition coefficient (Wildman–Crippen LogP) is 1.51. The van der Waals surface area contributed by atoms with Crippen molar-refractivity contribution in [3.8, 4) is 11.9 Å². The zero-order valence-corrected chi connectivity index (χ0v) is 16.3. The van der Waals surface area contributed by atoms with Gasteiger partial charge in [-0.05, 0) is 36.2 Å². The van der Waals surface area contributed by atoms with Crippen molar-refractivity contribution in [1.82, 2.24) is 9.97 Å². The van der Waals surface area contributed by atoms with Crippen LogP contribution in [0.3, 0.4) is 0 Å². The summed E-state index contributed by atoms with van der Waals surface area (Å²) < 4.78 is 38.8. The maximum atomic E-state index is 13.8. The van der Waals surface area contributed by atoms with Gasteiger partial charge in [-0.2, -0.15) is 15.2 Å². The van der Waals surface area contributed by atoms with Gasteiger partial charge in [-0.15, -0.1) is 0 Å². The molecule has 3 heterocycles. The number of nitrogens with zero attached hydrogens (tertiary/aromatic N) is 4. The molecular weight excluding hydrogens is 424 g/mol. The number of rotatable bonds is 4. The molecule has 9 nitrogen and oxygen atoms in total. The molecule has 2 aliphatic rings. The van der Waals surface area contributed by atoms with Crippen molar-refractivity contribution in [3.63, 3.8) is 0 Å². The van der Waals surface area contributed by atoms with Gasteiger partial charge in [-0.3, -0.25) is 0 Å². The summed E-state index contributed by atoms with van der Waals surface area (Å²) in [6, 6.07) is 3.44. The van der Waals surface area contributed by atoms with Crippen LogP contribution in [0.2, 0.25) is 5.28 Å². The van der Waals surface area contributed by atoms with Crippen molar-refractivity contribution < 1.29 is 28.5 Å². The molecule has 158 valence electrons. The number of nitriles is 1. The molecule has 12 heteroatoms. The van der Waals surface area contributed by atoms with E-state index in [1.165, 1.54) is 6.07 Å². The molecule has 0 bridgehead atoms. The number of hydrogen-bond donors (Lipinski definition) is 3. The molecule has 0 radical (unpaired) electrons. The third-order valence-electron chi connectivity index (χ3n) is 4.90. The summed E-state index contributed by atoms with van der Waals surface area (Å²) in [6.45, 7) is 1.55. The molecule has 0 unspecified atom stereocenters. The minimum Gasteiger partial charge on any atom is -0.471 e. The molecule has 30 heavy (non-hydrogen) atoms. The number of aromatic nitrogens is 2. The highest BCUT2D eigenvalue weighted by atomic mass is 35.5. The van der Waals surface area contributed by atoms with Crippen molar-refractivity contribution >= 4 is 23.1 Å². The summed E-state index contributed by atoms with van der Waals surface area (Å²) >= 11 is 6.00. The number of ether oxygens (including phenoxy) is 2. The zero-order chi connectivity index (χ0) is 21.6. The number of nitrogens with one attached hydrogen (secondary N) is 1. The number of benzene rings is 1. The smallest absolute Gasteiger partial charge is 0.244 e. The number of halogens is 3. The fourth-order valence-electron chi connectivity index (χ4n) is 3.37. The van der Waals surface area contributed by atoms with E-state index in [2.05, 4.69) is 15.3 Å². The first-order valence-electron chi connectivity index (χ1n) is 8.90. The van der Waals surface area contributed by atoms with Crippen LogP contribution in [0.4, 0.5) is 20.3 Å². The maximum Gasteiger partial charge on any atom is 0.244 e. The van der Waals surface area contributed by atoms with Crippen molar-refractivity contribution in [2.45, 2.75) is 38.1 Å². The fraction of sp³-hybridized carbons (Fsp3) is 0.389. The van der Waals surface area contributed by atoms with Gasteiger partial charge >= 0.3 is 0 Å². The summed E-state index contributed by atoms with van der Waals surface area (Å²) in [5.74, 6) is -1.68. The maximum absolute atomic E-state index is 13.8. The molecule has 1 aromatic carbocycles. The summed E-state index contributed by atoms with van der Waals surface area (Å²) in [6.07, 6.45) is -3.68. The quantitative estimate of drug-likeness (QED) is 0.608.